The van der Waals surface area contributed by atoms with Crippen molar-refractivity contribution in [1.29, 1.82) is 0 Å². The molecule has 0 radical (unpaired) electrons. The molecule has 11 rings (SSSR count). The van der Waals surface area contributed by atoms with Crippen LogP contribution in [-0.4, -0.2) is 9.97 Å². The summed E-state index contributed by atoms with van der Waals surface area (Å²) in [5.74, 6) is 0.681. The fourth-order valence-corrected chi connectivity index (χ4v) is 8.28. The molecule has 0 unspecified atom stereocenters. The van der Waals surface area contributed by atoms with Crippen LogP contribution in [0, 0.1) is 0 Å². The summed E-state index contributed by atoms with van der Waals surface area (Å²) in [7, 11) is 0. The van der Waals surface area contributed by atoms with Gasteiger partial charge < -0.3 is 4.42 Å². The molecule has 59 heavy (non-hydrogen) atoms. The summed E-state index contributed by atoms with van der Waals surface area (Å²) in [6, 6.07) is 77.1. The number of hydrogen-bond acceptors (Lipinski definition) is 3. The van der Waals surface area contributed by atoms with E-state index in [9.17, 15) is 0 Å². The van der Waals surface area contributed by atoms with Gasteiger partial charge in [0.15, 0.2) is 5.82 Å². The van der Waals surface area contributed by atoms with Crippen LogP contribution < -0.4 is 0 Å². The van der Waals surface area contributed by atoms with Gasteiger partial charge in [-0.3, -0.25) is 0 Å². The van der Waals surface area contributed by atoms with E-state index in [2.05, 4.69) is 188 Å². The molecule has 3 nitrogen and oxygen atoms in total. The number of nitrogens with zero attached hydrogens (tertiary/aromatic N) is 2. The number of para-hydroxylation sites is 1. The first kappa shape index (κ1) is 34.4. The molecule has 0 N–H and O–H groups in total. The van der Waals surface area contributed by atoms with E-state index in [0.29, 0.717) is 5.82 Å². The highest BCUT2D eigenvalue weighted by Crippen LogP contribution is 2.40. The molecule has 0 saturated carbocycles. The van der Waals surface area contributed by atoms with E-state index in [4.69, 9.17) is 14.4 Å². The van der Waals surface area contributed by atoms with E-state index < -0.39 is 0 Å². The van der Waals surface area contributed by atoms with Crippen LogP contribution in [-0.2, 0) is 0 Å². The molecule has 0 aliphatic carbocycles. The molecule has 0 saturated heterocycles. The Labute approximate surface area is 342 Å². The molecular weight excluding hydrogens is 717 g/mol. The number of rotatable bonds is 7. The van der Waals surface area contributed by atoms with Gasteiger partial charge in [0, 0.05) is 27.5 Å². The third kappa shape index (κ3) is 6.55. The molecule has 0 aliphatic heterocycles. The molecule has 11 aromatic rings. The van der Waals surface area contributed by atoms with E-state index in [1.165, 1.54) is 27.6 Å². The number of furan rings is 1. The molecule has 0 aliphatic rings. The average molecular weight is 753 g/mol. The Kier molecular flexibility index (Phi) is 8.49. The minimum atomic E-state index is 0.681. The zero-order chi connectivity index (χ0) is 39.1. The lowest BCUT2D eigenvalue weighted by Crippen LogP contribution is -1.97. The Bertz CT molecular complexity index is 3310. The van der Waals surface area contributed by atoms with Crippen LogP contribution in [0.1, 0.15) is 0 Å². The van der Waals surface area contributed by atoms with Crippen molar-refractivity contribution in [2.75, 3.05) is 0 Å². The fraction of sp³-hybridized carbons (Fsp3) is 0. The second-order valence-corrected chi connectivity index (χ2v) is 15.0. The van der Waals surface area contributed by atoms with Crippen LogP contribution in [0.3, 0.4) is 0 Å². The summed E-state index contributed by atoms with van der Waals surface area (Å²) >= 11 is 0. The Balaban J connectivity index is 1.11. The zero-order valence-electron chi connectivity index (χ0n) is 32.1. The highest BCUT2D eigenvalue weighted by atomic mass is 16.3. The minimum absolute atomic E-state index is 0.681. The van der Waals surface area contributed by atoms with E-state index in [-0.39, 0.29) is 0 Å². The van der Waals surface area contributed by atoms with Crippen molar-refractivity contribution >= 4 is 32.7 Å². The van der Waals surface area contributed by atoms with E-state index in [1.54, 1.807) is 0 Å². The molecule has 9 aromatic carbocycles. The summed E-state index contributed by atoms with van der Waals surface area (Å²) in [5.41, 5.74) is 15.7. The first-order chi connectivity index (χ1) is 29.2. The van der Waals surface area contributed by atoms with Crippen LogP contribution in [0.25, 0.3) is 111 Å². The third-order valence-corrected chi connectivity index (χ3v) is 11.3. The van der Waals surface area contributed by atoms with Crippen LogP contribution in [0.15, 0.2) is 223 Å². The highest BCUT2D eigenvalue weighted by molar-refractivity contribution is 6.06. The SMILES string of the molecule is c1ccc(-c2ccc3cc(-c4cc(-c5cc(-c6ccc7oc8ccccc8c7c6)cc(-c6ccccc6-c6ccccc6)c5)nc(-c5ccccc5)n4)ccc3c2)cc1. The maximum Gasteiger partial charge on any atom is 0.160 e. The van der Waals surface area contributed by atoms with E-state index in [0.717, 1.165) is 77.7 Å². The summed E-state index contributed by atoms with van der Waals surface area (Å²) < 4.78 is 6.24. The second-order valence-electron chi connectivity index (χ2n) is 15.0. The van der Waals surface area contributed by atoms with E-state index >= 15 is 0 Å². The predicted octanol–water partition coefficient (Wildman–Crippen LogP) is 15.2. The van der Waals surface area contributed by atoms with Gasteiger partial charge in [0.1, 0.15) is 11.2 Å². The molecule has 3 heteroatoms. The summed E-state index contributed by atoms with van der Waals surface area (Å²) in [4.78, 5) is 10.5. The quantitative estimate of drug-likeness (QED) is 0.163. The van der Waals surface area contributed by atoms with Crippen molar-refractivity contribution in [3.63, 3.8) is 0 Å². The molecule has 0 fully saturated rings. The van der Waals surface area contributed by atoms with Gasteiger partial charge in [0.2, 0.25) is 0 Å². The molecule has 2 aromatic heterocycles. The highest BCUT2D eigenvalue weighted by Gasteiger charge is 2.17. The average Bonchev–Trinajstić information content (AvgIpc) is 3.70. The van der Waals surface area contributed by atoms with Gasteiger partial charge in [-0.1, -0.05) is 164 Å². The van der Waals surface area contributed by atoms with Crippen LogP contribution >= 0.6 is 0 Å². The van der Waals surface area contributed by atoms with Crippen LogP contribution in [0.4, 0.5) is 0 Å². The second kappa shape index (κ2) is 14.6. The summed E-state index contributed by atoms with van der Waals surface area (Å²) in [5, 5.41) is 4.55. The monoisotopic (exact) mass is 752 g/mol. The molecule has 276 valence electrons. The lowest BCUT2D eigenvalue weighted by molar-refractivity contribution is 0.669. The predicted molar refractivity (Wildman–Crippen MR) is 245 cm³/mol. The smallest absolute Gasteiger partial charge is 0.160 e. The van der Waals surface area contributed by atoms with Crippen LogP contribution in [0.5, 0.6) is 0 Å². The Morgan fingerprint density at radius 3 is 1.53 bits per heavy atom. The maximum atomic E-state index is 6.24. The van der Waals surface area contributed by atoms with Crippen molar-refractivity contribution in [2.45, 2.75) is 0 Å². The van der Waals surface area contributed by atoms with Crippen molar-refractivity contribution in [1.82, 2.24) is 9.97 Å². The summed E-state index contributed by atoms with van der Waals surface area (Å²) in [6.07, 6.45) is 0. The van der Waals surface area contributed by atoms with E-state index in [1.807, 2.05) is 30.3 Å². The first-order valence-corrected chi connectivity index (χ1v) is 20.0. The van der Waals surface area contributed by atoms with Gasteiger partial charge >= 0.3 is 0 Å². The van der Waals surface area contributed by atoms with Crippen molar-refractivity contribution < 1.29 is 4.42 Å². The standard InChI is InChI=1S/C56H36N2O/c1-4-14-37(15-5-1)40-24-25-42-31-44(27-26-41(42)30-40)52-36-53(58-56(57-52)39-18-8-3-9-19-39)47-33-45(43-28-29-55-51(35-43)50-22-12-13-23-54(50)59-55)32-46(34-47)49-21-11-10-20-48(49)38-16-6-2-7-17-38/h1-36H. The number of hydrogen-bond donors (Lipinski definition) is 0. The maximum absolute atomic E-state index is 6.24. The molecule has 0 spiro atoms. The van der Waals surface area contributed by atoms with Crippen molar-refractivity contribution in [3.8, 4) is 78.4 Å². The number of aromatic nitrogens is 2. The van der Waals surface area contributed by atoms with Gasteiger partial charge in [-0.15, -0.1) is 0 Å². The van der Waals surface area contributed by atoms with Crippen molar-refractivity contribution in [2.24, 2.45) is 0 Å². The Hall–Kier alpha value is -7.88. The lowest BCUT2D eigenvalue weighted by atomic mass is 9.90. The molecular formula is C56H36N2O. The number of fused-ring (bicyclic) bond motifs is 4. The number of benzene rings is 9. The van der Waals surface area contributed by atoms with Gasteiger partial charge in [0.05, 0.1) is 11.4 Å². The normalized spacial score (nSPS) is 11.4. The topological polar surface area (TPSA) is 38.9 Å². The molecule has 2 heterocycles. The van der Waals surface area contributed by atoms with Gasteiger partial charge in [-0.2, -0.15) is 0 Å². The Morgan fingerprint density at radius 2 is 0.780 bits per heavy atom. The fourth-order valence-electron chi connectivity index (χ4n) is 8.28. The minimum Gasteiger partial charge on any atom is -0.456 e. The van der Waals surface area contributed by atoms with Crippen LogP contribution in [0.2, 0.25) is 0 Å². The van der Waals surface area contributed by atoms with Gasteiger partial charge in [0.25, 0.3) is 0 Å². The Morgan fingerprint density at radius 1 is 0.271 bits per heavy atom. The van der Waals surface area contributed by atoms with Gasteiger partial charge in [-0.25, -0.2) is 9.97 Å². The molecule has 0 amide bonds. The molecule has 0 bridgehead atoms. The largest absolute Gasteiger partial charge is 0.456 e. The summed E-state index contributed by atoms with van der Waals surface area (Å²) in [6.45, 7) is 0. The van der Waals surface area contributed by atoms with Gasteiger partial charge in [-0.05, 0) is 110 Å². The van der Waals surface area contributed by atoms with Crippen molar-refractivity contribution in [3.05, 3.63) is 218 Å². The first-order valence-electron chi connectivity index (χ1n) is 20.0. The lowest BCUT2D eigenvalue weighted by Gasteiger charge is -2.15. The third-order valence-electron chi connectivity index (χ3n) is 11.3. The zero-order valence-corrected chi connectivity index (χ0v) is 32.1. The molecule has 0 atom stereocenters.